The second-order valence-electron chi connectivity index (χ2n) is 9.88. The van der Waals surface area contributed by atoms with E-state index < -0.39 is 23.9 Å². The normalized spacial score (nSPS) is 16.1. The number of aromatic hydroxyl groups is 1. The number of hydrogen-bond acceptors (Lipinski definition) is 8. The third-order valence-electron chi connectivity index (χ3n) is 7.08. The third kappa shape index (κ3) is 6.31. The minimum atomic E-state index is -1.12. The van der Waals surface area contributed by atoms with E-state index in [0.717, 1.165) is 12.8 Å². The van der Waals surface area contributed by atoms with Crippen molar-refractivity contribution in [3.05, 3.63) is 77.9 Å². The molecule has 1 saturated heterocycles. The quantitative estimate of drug-likeness (QED) is 0.234. The largest absolute Gasteiger partial charge is 0.504 e. The molecule has 0 bridgehead atoms. The maximum absolute atomic E-state index is 14.3. The monoisotopic (exact) mass is 573 g/mol. The van der Waals surface area contributed by atoms with Crippen LogP contribution in [0.4, 0.5) is 0 Å². The number of ether oxygens (including phenoxy) is 3. The summed E-state index contributed by atoms with van der Waals surface area (Å²) >= 11 is 0. The van der Waals surface area contributed by atoms with Gasteiger partial charge in [0.15, 0.2) is 17.5 Å². The van der Waals surface area contributed by atoms with Gasteiger partial charge in [-0.15, -0.1) is 5.10 Å². The smallest absolute Gasteiger partial charge is 0.250 e. The molecular weight excluding hydrogens is 538 g/mol. The molecule has 5 rings (SSSR count). The molecule has 2 heterocycles. The van der Waals surface area contributed by atoms with E-state index in [0.29, 0.717) is 54.3 Å². The maximum atomic E-state index is 14.3. The molecule has 3 aromatic carbocycles. The number of phenolic OH excluding ortho intramolecular Hbond substituents is 1. The van der Waals surface area contributed by atoms with Crippen molar-refractivity contribution in [3.63, 3.8) is 0 Å². The van der Waals surface area contributed by atoms with E-state index in [2.05, 4.69) is 20.9 Å². The highest BCUT2D eigenvalue weighted by Crippen LogP contribution is 2.33. The number of carbonyl (C=O) groups is 2. The summed E-state index contributed by atoms with van der Waals surface area (Å²) in [4.78, 5) is 28.0. The van der Waals surface area contributed by atoms with E-state index in [1.807, 2.05) is 43.3 Å². The van der Waals surface area contributed by atoms with Crippen molar-refractivity contribution in [1.82, 2.24) is 25.6 Å². The first-order valence-electron chi connectivity index (χ1n) is 14.2. The summed E-state index contributed by atoms with van der Waals surface area (Å²) in [5.41, 5.74) is 2.27. The van der Waals surface area contributed by atoms with Gasteiger partial charge < -0.3 is 30.0 Å². The standard InChI is InChI=1S/C31H35N5O6/c1-3-40-26-14-8-5-11-22(26)29(36-24-13-7-6-12-23(24)34-35-36)31(39)33-28(30(38)32-19-21-10-9-17-42-21)20-15-16-25(37)27(18-20)41-4-2/h5-8,11-16,18,21,28-29,37H,3-4,9-10,17,19H2,1-2H3,(H,32,38)(H,33,39)/t21-,28+,29+/m0/s1. The van der Waals surface area contributed by atoms with Crippen LogP contribution in [-0.2, 0) is 14.3 Å². The fourth-order valence-electron chi connectivity index (χ4n) is 5.08. The van der Waals surface area contributed by atoms with Crippen molar-refractivity contribution in [2.24, 2.45) is 0 Å². The zero-order valence-electron chi connectivity index (χ0n) is 23.7. The summed E-state index contributed by atoms with van der Waals surface area (Å²) in [5, 5.41) is 24.8. The molecular formula is C31H35N5O6. The van der Waals surface area contributed by atoms with Gasteiger partial charge in [-0.2, -0.15) is 0 Å². The van der Waals surface area contributed by atoms with Gasteiger partial charge in [-0.1, -0.05) is 41.6 Å². The molecule has 4 aromatic rings. The van der Waals surface area contributed by atoms with Crippen molar-refractivity contribution in [2.75, 3.05) is 26.4 Å². The van der Waals surface area contributed by atoms with Crippen molar-refractivity contribution in [3.8, 4) is 17.2 Å². The average molecular weight is 574 g/mol. The number of fused-ring (bicyclic) bond motifs is 1. The summed E-state index contributed by atoms with van der Waals surface area (Å²) in [7, 11) is 0. The summed E-state index contributed by atoms with van der Waals surface area (Å²) in [6.45, 7) is 5.34. The summed E-state index contributed by atoms with van der Waals surface area (Å²) in [5.74, 6) is -0.263. The van der Waals surface area contributed by atoms with Crippen LogP contribution >= 0.6 is 0 Å². The van der Waals surface area contributed by atoms with E-state index in [1.165, 1.54) is 10.7 Å². The Morgan fingerprint density at radius 1 is 1.02 bits per heavy atom. The predicted octanol–water partition coefficient (Wildman–Crippen LogP) is 3.68. The van der Waals surface area contributed by atoms with E-state index in [-0.39, 0.29) is 17.6 Å². The molecule has 11 heteroatoms. The second-order valence-corrected chi connectivity index (χ2v) is 9.88. The number of para-hydroxylation sites is 2. The lowest BCUT2D eigenvalue weighted by molar-refractivity contribution is -0.130. The zero-order chi connectivity index (χ0) is 29.5. The van der Waals surface area contributed by atoms with Crippen molar-refractivity contribution >= 4 is 22.8 Å². The molecule has 3 N–H and O–H groups in total. The van der Waals surface area contributed by atoms with Crippen LogP contribution in [0.25, 0.3) is 11.0 Å². The Balaban J connectivity index is 1.54. The number of rotatable bonds is 12. The van der Waals surface area contributed by atoms with Crippen LogP contribution in [0.3, 0.4) is 0 Å². The predicted molar refractivity (Wildman–Crippen MR) is 155 cm³/mol. The van der Waals surface area contributed by atoms with Crippen LogP contribution < -0.4 is 20.1 Å². The first-order valence-corrected chi connectivity index (χ1v) is 14.2. The molecule has 3 atom stereocenters. The fraction of sp³-hybridized carbons (Fsp3) is 0.355. The number of phenols is 1. The number of carbonyl (C=O) groups excluding carboxylic acids is 2. The highest BCUT2D eigenvalue weighted by molar-refractivity contribution is 5.92. The highest BCUT2D eigenvalue weighted by atomic mass is 16.5. The van der Waals surface area contributed by atoms with Gasteiger partial charge in [-0.25, -0.2) is 4.68 Å². The lowest BCUT2D eigenvalue weighted by Crippen LogP contribution is -2.45. The minimum Gasteiger partial charge on any atom is -0.504 e. The molecule has 1 aromatic heterocycles. The molecule has 1 fully saturated rings. The van der Waals surface area contributed by atoms with Crippen LogP contribution in [0.1, 0.15) is 49.9 Å². The minimum absolute atomic E-state index is 0.0666. The number of amides is 2. The Morgan fingerprint density at radius 3 is 2.57 bits per heavy atom. The van der Waals surface area contributed by atoms with Gasteiger partial charge in [0, 0.05) is 18.7 Å². The molecule has 42 heavy (non-hydrogen) atoms. The lowest BCUT2D eigenvalue weighted by Gasteiger charge is -2.25. The van der Waals surface area contributed by atoms with Crippen LogP contribution in [0.15, 0.2) is 66.7 Å². The molecule has 1 aliphatic heterocycles. The molecule has 220 valence electrons. The van der Waals surface area contributed by atoms with Crippen molar-refractivity contribution < 1.29 is 28.9 Å². The SMILES string of the molecule is CCOc1cc([C@@H](NC(=O)[C@@H](c2ccccc2OCC)n2nnc3ccccc32)C(=O)NC[C@@H]2CCCO2)ccc1O. The van der Waals surface area contributed by atoms with E-state index in [9.17, 15) is 14.7 Å². The van der Waals surface area contributed by atoms with Gasteiger partial charge in [0.2, 0.25) is 5.91 Å². The molecule has 0 radical (unpaired) electrons. The number of nitrogens with one attached hydrogen (secondary N) is 2. The highest BCUT2D eigenvalue weighted by Gasteiger charge is 2.33. The molecule has 0 spiro atoms. The Labute approximate surface area is 243 Å². The lowest BCUT2D eigenvalue weighted by atomic mass is 10.0. The van der Waals surface area contributed by atoms with Gasteiger partial charge in [-0.3, -0.25) is 9.59 Å². The van der Waals surface area contributed by atoms with Gasteiger partial charge in [0.25, 0.3) is 5.91 Å². The summed E-state index contributed by atoms with van der Waals surface area (Å²) < 4.78 is 18.7. The van der Waals surface area contributed by atoms with Crippen LogP contribution in [0.5, 0.6) is 17.2 Å². The first kappa shape index (κ1) is 28.9. The maximum Gasteiger partial charge on any atom is 0.250 e. The van der Waals surface area contributed by atoms with Crippen LogP contribution in [-0.4, -0.2) is 64.4 Å². The molecule has 0 aliphatic carbocycles. The number of benzene rings is 3. The van der Waals surface area contributed by atoms with Crippen LogP contribution in [0.2, 0.25) is 0 Å². The number of hydrogen-bond donors (Lipinski definition) is 3. The third-order valence-corrected chi connectivity index (χ3v) is 7.08. The van der Waals surface area contributed by atoms with E-state index in [4.69, 9.17) is 14.2 Å². The average Bonchev–Trinajstić information content (AvgIpc) is 3.68. The first-order chi connectivity index (χ1) is 20.5. The second kappa shape index (κ2) is 13.3. The van der Waals surface area contributed by atoms with Gasteiger partial charge in [0.05, 0.1) is 24.8 Å². The topological polar surface area (TPSA) is 137 Å². The summed E-state index contributed by atoms with van der Waals surface area (Å²) in [6, 6.07) is 17.0. The number of aromatic nitrogens is 3. The van der Waals surface area contributed by atoms with Crippen molar-refractivity contribution in [2.45, 2.75) is 44.9 Å². The molecule has 1 aliphatic rings. The number of nitrogens with zero attached hydrogens (tertiary/aromatic N) is 3. The Kier molecular flexibility index (Phi) is 9.18. The Morgan fingerprint density at radius 2 is 1.79 bits per heavy atom. The Hall–Kier alpha value is -4.64. The summed E-state index contributed by atoms with van der Waals surface area (Å²) in [6.07, 6.45) is 1.69. The van der Waals surface area contributed by atoms with Crippen molar-refractivity contribution in [1.29, 1.82) is 0 Å². The molecule has 11 nitrogen and oxygen atoms in total. The Bertz CT molecular complexity index is 1530. The van der Waals surface area contributed by atoms with Gasteiger partial charge in [0.1, 0.15) is 17.3 Å². The molecule has 0 unspecified atom stereocenters. The van der Waals surface area contributed by atoms with Gasteiger partial charge >= 0.3 is 0 Å². The van der Waals surface area contributed by atoms with Crippen LogP contribution in [0, 0.1) is 0 Å². The van der Waals surface area contributed by atoms with E-state index >= 15 is 0 Å². The zero-order valence-corrected chi connectivity index (χ0v) is 23.7. The van der Waals surface area contributed by atoms with E-state index in [1.54, 1.807) is 31.2 Å². The molecule has 0 saturated carbocycles. The van der Waals surface area contributed by atoms with Gasteiger partial charge in [-0.05, 0) is 62.6 Å². The molecule has 2 amide bonds. The fourth-order valence-corrected chi connectivity index (χ4v) is 5.08.